The summed E-state index contributed by atoms with van der Waals surface area (Å²) in [5.74, 6) is -0.600. The maximum Gasteiger partial charge on any atom is 0.243 e. The lowest BCUT2D eigenvalue weighted by atomic mass is 10.1. The maximum atomic E-state index is 12.6. The second kappa shape index (κ2) is 10.2. The number of benzene rings is 2. The highest BCUT2D eigenvalue weighted by atomic mass is 35.5. The van der Waals surface area contributed by atoms with E-state index in [1.165, 1.54) is 49.6 Å². The number of sulfonamides is 1. The summed E-state index contributed by atoms with van der Waals surface area (Å²) >= 11 is 7.04. The molecule has 0 aliphatic heterocycles. The molecule has 0 unspecified atom stereocenters. The SMILES string of the molecule is CC(=O)NCc1ccc(-c2csc(NC(=O)CN(C)S(=O)(=O)c3ccc(Cl)cc3)n2)cc1. The first-order chi connectivity index (χ1) is 15.1. The van der Waals surface area contributed by atoms with E-state index in [1.54, 1.807) is 5.38 Å². The summed E-state index contributed by atoms with van der Waals surface area (Å²) in [5.41, 5.74) is 2.49. The lowest BCUT2D eigenvalue weighted by Gasteiger charge is -2.16. The summed E-state index contributed by atoms with van der Waals surface area (Å²) in [6.45, 7) is 1.54. The van der Waals surface area contributed by atoms with Gasteiger partial charge in [-0.05, 0) is 29.8 Å². The van der Waals surface area contributed by atoms with Crippen LogP contribution in [0.2, 0.25) is 5.02 Å². The Hall–Kier alpha value is -2.79. The van der Waals surface area contributed by atoms with Crippen LogP contribution in [0.1, 0.15) is 12.5 Å². The summed E-state index contributed by atoms with van der Waals surface area (Å²) < 4.78 is 26.2. The van der Waals surface area contributed by atoms with E-state index in [1.807, 2.05) is 24.3 Å². The molecule has 2 N–H and O–H groups in total. The number of rotatable bonds is 8. The van der Waals surface area contributed by atoms with E-state index in [-0.39, 0.29) is 17.3 Å². The van der Waals surface area contributed by atoms with Crippen LogP contribution >= 0.6 is 22.9 Å². The van der Waals surface area contributed by atoms with Crippen molar-refractivity contribution < 1.29 is 18.0 Å². The molecule has 1 aromatic heterocycles. The van der Waals surface area contributed by atoms with Gasteiger partial charge in [0.05, 0.1) is 17.1 Å². The Morgan fingerprint density at radius 3 is 2.38 bits per heavy atom. The molecule has 0 radical (unpaired) electrons. The van der Waals surface area contributed by atoms with Crippen molar-refractivity contribution in [3.8, 4) is 11.3 Å². The van der Waals surface area contributed by atoms with Gasteiger partial charge in [0.2, 0.25) is 21.8 Å². The first kappa shape index (κ1) is 23.9. The maximum absolute atomic E-state index is 12.6. The largest absolute Gasteiger partial charge is 0.352 e. The zero-order chi connectivity index (χ0) is 23.3. The van der Waals surface area contributed by atoms with Gasteiger partial charge < -0.3 is 10.6 Å². The average Bonchev–Trinajstić information content (AvgIpc) is 3.21. The van der Waals surface area contributed by atoms with Crippen molar-refractivity contribution in [3.05, 3.63) is 64.5 Å². The molecule has 0 bridgehead atoms. The number of aromatic nitrogens is 1. The molecule has 8 nitrogen and oxygen atoms in total. The van der Waals surface area contributed by atoms with Crippen LogP contribution in [0.15, 0.2) is 58.8 Å². The Balaban J connectivity index is 1.60. The molecule has 0 aliphatic carbocycles. The van der Waals surface area contributed by atoms with Gasteiger partial charge in [0.15, 0.2) is 5.13 Å². The van der Waals surface area contributed by atoms with Crippen LogP contribution in [-0.2, 0) is 26.2 Å². The Labute approximate surface area is 195 Å². The minimum absolute atomic E-state index is 0.0516. The molecule has 0 aliphatic rings. The number of nitrogens with zero attached hydrogens (tertiary/aromatic N) is 2. The van der Waals surface area contributed by atoms with Gasteiger partial charge in [-0.15, -0.1) is 11.3 Å². The van der Waals surface area contributed by atoms with Crippen molar-refractivity contribution in [2.24, 2.45) is 0 Å². The van der Waals surface area contributed by atoms with Gasteiger partial charge in [0.1, 0.15) is 0 Å². The first-order valence-corrected chi connectivity index (χ1v) is 12.2. The van der Waals surface area contributed by atoms with Crippen LogP contribution in [-0.4, -0.2) is 43.1 Å². The van der Waals surface area contributed by atoms with Gasteiger partial charge in [0, 0.05) is 36.5 Å². The number of thiazole rings is 1. The molecule has 2 aromatic carbocycles. The molecule has 3 rings (SSSR count). The predicted molar refractivity (Wildman–Crippen MR) is 125 cm³/mol. The lowest BCUT2D eigenvalue weighted by Crippen LogP contribution is -2.34. The van der Waals surface area contributed by atoms with Gasteiger partial charge in [-0.3, -0.25) is 9.59 Å². The van der Waals surface area contributed by atoms with Crippen molar-refractivity contribution in [1.82, 2.24) is 14.6 Å². The van der Waals surface area contributed by atoms with Crippen molar-refractivity contribution in [3.63, 3.8) is 0 Å². The highest BCUT2D eigenvalue weighted by Gasteiger charge is 2.23. The van der Waals surface area contributed by atoms with E-state index in [0.29, 0.717) is 22.4 Å². The molecule has 168 valence electrons. The number of hydrogen-bond acceptors (Lipinski definition) is 6. The van der Waals surface area contributed by atoms with Crippen LogP contribution < -0.4 is 10.6 Å². The van der Waals surface area contributed by atoms with Crippen molar-refractivity contribution in [1.29, 1.82) is 0 Å². The van der Waals surface area contributed by atoms with Gasteiger partial charge in [0.25, 0.3) is 0 Å². The normalized spacial score (nSPS) is 11.4. The summed E-state index contributed by atoms with van der Waals surface area (Å²) in [6, 6.07) is 13.3. The molecule has 0 saturated heterocycles. The van der Waals surface area contributed by atoms with Crippen LogP contribution in [0.5, 0.6) is 0 Å². The summed E-state index contributed by atoms with van der Waals surface area (Å²) in [5, 5.41) is 7.95. The van der Waals surface area contributed by atoms with E-state index in [0.717, 1.165) is 15.4 Å². The van der Waals surface area contributed by atoms with Crippen LogP contribution in [0, 0.1) is 0 Å². The molecule has 0 saturated carbocycles. The van der Waals surface area contributed by atoms with Crippen molar-refractivity contribution in [2.75, 3.05) is 18.9 Å². The second-order valence-corrected chi connectivity index (χ2v) is 10.2. The highest BCUT2D eigenvalue weighted by molar-refractivity contribution is 7.89. The minimum atomic E-state index is -3.82. The van der Waals surface area contributed by atoms with Crippen LogP contribution in [0.3, 0.4) is 0 Å². The molecule has 2 amide bonds. The van der Waals surface area contributed by atoms with Gasteiger partial charge in [-0.1, -0.05) is 35.9 Å². The lowest BCUT2D eigenvalue weighted by molar-refractivity contribution is -0.119. The third-order valence-corrected chi connectivity index (χ3v) is 7.26. The number of halogens is 1. The Bertz CT molecular complexity index is 1210. The standard InChI is InChI=1S/C21H21ClN4O4S2/c1-14(27)23-11-15-3-5-16(6-4-15)19-13-31-21(24-19)25-20(28)12-26(2)32(29,30)18-9-7-17(22)8-10-18/h3-10,13H,11-12H2,1-2H3,(H,23,27)(H,24,25,28). The highest BCUT2D eigenvalue weighted by Crippen LogP contribution is 2.25. The summed E-state index contributed by atoms with van der Waals surface area (Å²) in [7, 11) is -2.49. The molecule has 1 heterocycles. The Morgan fingerprint density at radius 1 is 1.09 bits per heavy atom. The molecular formula is C21H21ClN4O4S2. The van der Waals surface area contributed by atoms with E-state index in [9.17, 15) is 18.0 Å². The number of hydrogen-bond donors (Lipinski definition) is 2. The van der Waals surface area contributed by atoms with E-state index in [2.05, 4.69) is 15.6 Å². The van der Waals surface area contributed by atoms with Crippen molar-refractivity contribution >= 4 is 49.9 Å². The third kappa shape index (κ3) is 6.13. The van der Waals surface area contributed by atoms with E-state index < -0.39 is 15.9 Å². The second-order valence-electron chi connectivity index (χ2n) is 6.91. The number of likely N-dealkylation sites (N-methyl/N-ethyl adjacent to an activating group) is 1. The number of amides is 2. The van der Waals surface area contributed by atoms with E-state index >= 15 is 0 Å². The van der Waals surface area contributed by atoms with Gasteiger partial charge >= 0.3 is 0 Å². The zero-order valence-corrected chi connectivity index (χ0v) is 19.7. The van der Waals surface area contributed by atoms with Gasteiger partial charge in [-0.25, -0.2) is 13.4 Å². The average molecular weight is 493 g/mol. The summed E-state index contributed by atoms with van der Waals surface area (Å²) in [4.78, 5) is 27.8. The fraction of sp³-hybridized carbons (Fsp3) is 0.190. The number of carbonyl (C=O) groups excluding carboxylic acids is 2. The zero-order valence-electron chi connectivity index (χ0n) is 17.3. The first-order valence-electron chi connectivity index (χ1n) is 9.46. The topological polar surface area (TPSA) is 108 Å². The molecule has 0 fully saturated rings. The fourth-order valence-electron chi connectivity index (χ4n) is 2.72. The number of carbonyl (C=O) groups is 2. The van der Waals surface area contributed by atoms with E-state index in [4.69, 9.17) is 11.6 Å². The quantitative estimate of drug-likeness (QED) is 0.501. The molecule has 0 spiro atoms. The minimum Gasteiger partial charge on any atom is -0.352 e. The monoisotopic (exact) mass is 492 g/mol. The van der Waals surface area contributed by atoms with Crippen LogP contribution in [0.25, 0.3) is 11.3 Å². The third-order valence-electron chi connectivity index (χ3n) is 4.43. The molecule has 11 heteroatoms. The number of anilines is 1. The number of nitrogens with one attached hydrogen (secondary N) is 2. The smallest absolute Gasteiger partial charge is 0.243 e. The van der Waals surface area contributed by atoms with Crippen LogP contribution in [0.4, 0.5) is 5.13 Å². The summed E-state index contributed by atoms with van der Waals surface area (Å²) in [6.07, 6.45) is 0. The molecule has 0 atom stereocenters. The Morgan fingerprint density at radius 2 is 1.75 bits per heavy atom. The fourth-order valence-corrected chi connectivity index (χ4v) is 4.71. The van der Waals surface area contributed by atoms with Crippen molar-refractivity contribution in [2.45, 2.75) is 18.4 Å². The Kier molecular flexibility index (Phi) is 7.62. The molecular weight excluding hydrogens is 472 g/mol. The van der Waals surface area contributed by atoms with Gasteiger partial charge in [-0.2, -0.15) is 4.31 Å². The molecule has 32 heavy (non-hydrogen) atoms. The predicted octanol–water partition coefficient (Wildman–Crippen LogP) is 3.36. The molecule has 3 aromatic rings.